The van der Waals surface area contributed by atoms with Gasteiger partial charge in [-0.3, -0.25) is 0 Å². The molecule has 0 aliphatic rings. The molecule has 0 aliphatic carbocycles. The van der Waals surface area contributed by atoms with E-state index >= 15 is 0 Å². The van der Waals surface area contributed by atoms with E-state index in [0.717, 1.165) is 21.3 Å². The highest BCUT2D eigenvalue weighted by molar-refractivity contribution is 9.10. The summed E-state index contributed by atoms with van der Waals surface area (Å²) in [5.41, 5.74) is 3.03. The predicted molar refractivity (Wildman–Crippen MR) is 75.9 cm³/mol. The van der Waals surface area contributed by atoms with Crippen molar-refractivity contribution in [3.8, 4) is 0 Å². The van der Waals surface area contributed by atoms with Crippen LogP contribution in [-0.2, 0) is 0 Å². The van der Waals surface area contributed by atoms with Crippen LogP contribution in [0.2, 0.25) is 0 Å². The van der Waals surface area contributed by atoms with Crippen LogP contribution in [-0.4, -0.2) is 21.0 Å². The van der Waals surface area contributed by atoms with Crippen molar-refractivity contribution >= 4 is 33.4 Å². The Morgan fingerprint density at radius 3 is 2.32 bits per heavy atom. The molecule has 1 heterocycles. The van der Waals surface area contributed by atoms with Crippen LogP contribution in [0.5, 0.6) is 0 Å². The van der Waals surface area contributed by atoms with E-state index in [2.05, 4.69) is 31.2 Å². The third-order valence-corrected chi connectivity index (χ3v) is 3.83. The molecule has 2 N–H and O–H groups in total. The van der Waals surface area contributed by atoms with Crippen molar-refractivity contribution in [2.45, 2.75) is 13.8 Å². The van der Waals surface area contributed by atoms with Gasteiger partial charge in [0.05, 0.1) is 12.4 Å². The van der Waals surface area contributed by atoms with Crippen molar-refractivity contribution in [3.05, 3.63) is 45.8 Å². The first kappa shape index (κ1) is 13.5. The summed E-state index contributed by atoms with van der Waals surface area (Å²) >= 11 is 3.50. The molecule has 0 saturated carbocycles. The van der Waals surface area contributed by atoms with Crippen LogP contribution in [0.3, 0.4) is 0 Å². The molecule has 5 nitrogen and oxygen atoms in total. The number of aromatic carboxylic acids is 1. The van der Waals surface area contributed by atoms with Gasteiger partial charge in [0.15, 0.2) is 5.69 Å². The van der Waals surface area contributed by atoms with Crippen molar-refractivity contribution in [1.82, 2.24) is 9.97 Å². The molecule has 98 valence electrons. The molecule has 0 atom stereocenters. The maximum Gasteiger partial charge on any atom is 0.356 e. The Morgan fingerprint density at radius 1 is 1.21 bits per heavy atom. The molecule has 0 saturated heterocycles. The van der Waals surface area contributed by atoms with Gasteiger partial charge in [0, 0.05) is 10.2 Å². The Balaban J connectivity index is 2.24. The standard InChI is InChI=1S/C13H12BrN3O2/c1-7-3-9(4-8(2)12(7)14)17-11-6-15-10(5-16-11)13(18)19/h3-6H,1-2H3,(H,16,17)(H,18,19). The summed E-state index contributed by atoms with van der Waals surface area (Å²) in [4.78, 5) is 18.5. The summed E-state index contributed by atoms with van der Waals surface area (Å²) in [6, 6.07) is 3.95. The zero-order valence-electron chi connectivity index (χ0n) is 10.4. The number of nitrogens with zero attached hydrogens (tertiary/aromatic N) is 2. The number of carbonyl (C=O) groups is 1. The lowest BCUT2D eigenvalue weighted by molar-refractivity contribution is 0.0690. The van der Waals surface area contributed by atoms with Gasteiger partial charge in [0.2, 0.25) is 0 Å². The Hall–Kier alpha value is -1.95. The van der Waals surface area contributed by atoms with Crippen molar-refractivity contribution < 1.29 is 9.90 Å². The van der Waals surface area contributed by atoms with Crippen LogP contribution >= 0.6 is 15.9 Å². The minimum atomic E-state index is -1.09. The molecular formula is C13H12BrN3O2. The minimum absolute atomic E-state index is 0.0753. The normalized spacial score (nSPS) is 10.3. The maximum absolute atomic E-state index is 10.7. The lowest BCUT2D eigenvalue weighted by atomic mass is 10.1. The number of carboxylic acid groups (broad SMARTS) is 1. The van der Waals surface area contributed by atoms with Gasteiger partial charge in [-0.15, -0.1) is 0 Å². The van der Waals surface area contributed by atoms with E-state index in [-0.39, 0.29) is 5.69 Å². The molecule has 1 aromatic heterocycles. The average molecular weight is 322 g/mol. The van der Waals surface area contributed by atoms with Crippen LogP contribution < -0.4 is 5.32 Å². The van der Waals surface area contributed by atoms with E-state index in [9.17, 15) is 4.79 Å². The molecule has 0 bridgehead atoms. The summed E-state index contributed by atoms with van der Waals surface area (Å²) in [5, 5.41) is 11.8. The van der Waals surface area contributed by atoms with Crippen LogP contribution in [0.1, 0.15) is 21.6 Å². The number of aromatic nitrogens is 2. The highest BCUT2D eigenvalue weighted by Crippen LogP contribution is 2.26. The number of anilines is 2. The van der Waals surface area contributed by atoms with Crippen LogP contribution in [0.15, 0.2) is 29.0 Å². The predicted octanol–water partition coefficient (Wildman–Crippen LogP) is 3.30. The van der Waals surface area contributed by atoms with Crippen molar-refractivity contribution in [2.75, 3.05) is 5.32 Å². The van der Waals surface area contributed by atoms with Crippen molar-refractivity contribution in [1.29, 1.82) is 0 Å². The number of benzene rings is 1. The Bertz CT molecular complexity index is 603. The molecular weight excluding hydrogens is 310 g/mol. The number of rotatable bonds is 3. The maximum atomic E-state index is 10.7. The summed E-state index contributed by atoms with van der Waals surface area (Å²) in [5.74, 6) is -0.583. The monoisotopic (exact) mass is 321 g/mol. The van der Waals surface area contributed by atoms with E-state index in [0.29, 0.717) is 5.82 Å². The van der Waals surface area contributed by atoms with Gasteiger partial charge in [-0.05, 0) is 37.1 Å². The average Bonchev–Trinajstić information content (AvgIpc) is 2.36. The van der Waals surface area contributed by atoms with E-state index in [1.54, 1.807) is 0 Å². The molecule has 1 aromatic carbocycles. The number of nitrogens with one attached hydrogen (secondary N) is 1. The highest BCUT2D eigenvalue weighted by atomic mass is 79.9. The molecule has 0 radical (unpaired) electrons. The fourth-order valence-corrected chi connectivity index (χ4v) is 1.90. The van der Waals surface area contributed by atoms with E-state index in [4.69, 9.17) is 5.11 Å². The minimum Gasteiger partial charge on any atom is -0.476 e. The highest BCUT2D eigenvalue weighted by Gasteiger charge is 2.06. The SMILES string of the molecule is Cc1cc(Nc2cnc(C(=O)O)cn2)cc(C)c1Br. The van der Waals surface area contributed by atoms with E-state index in [1.807, 2.05) is 26.0 Å². The first-order chi connectivity index (χ1) is 8.97. The van der Waals surface area contributed by atoms with Gasteiger partial charge in [-0.2, -0.15) is 0 Å². The summed E-state index contributed by atoms with van der Waals surface area (Å²) < 4.78 is 1.07. The fraction of sp³-hybridized carbons (Fsp3) is 0.154. The summed E-state index contributed by atoms with van der Waals surface area (Å²) in [6.07, 6.45) is 2.62. The fourth-order valence-electron chi connectivity index (χ4n) is 1.67. The number of hydrogen-bond acceptors (Lipinski definition) is 4. The zero-order chi connectivity index (χ0) is 14.0. The van der Waals surface area contributed by atoms with Gasteiger partial charge in [-0.1, -0.05) is 15.9 Å². The van der Waals surface area contributed by atoms with E-state index < -0.39 is 5.97 Å². The molecule has 6 heteroatoms. The lowest BCUT2D eigenvalue weighted by Gasteiger charge is -2.09. The van der Waals surface area contributed by atoms with Gasteiger partial charge in [0.1, 0.15) is 5.82 Å². The topological polar surface area (TPSA) is 75.1 Å². The smallest absolute Gasteiger partial charge is 0.356 e. The van der Waals surface area contributed by atoms with Crippen molar-refractivity contribution in [3.63, 3.8) is 0 Å². The van der Waals surface area contributed by atoms with Crippen LogP contribution in [0.4, 0.5) is 11.5 Å². The lowest BCUT2D eigenvalue weighted by Crippen LogP contribution is -2.03. The van der Waals surface area contributed by atoms with Crippen molar-refractivity contribution in [2.24, 2.45) is 0 Å². The zero-order valence-corrected chi connectivity index (χ0v) is 12.0. The Morgan fingerprint density at radius 2 is 1.84 bits per heavy atom. The Kier molecular flexibility index (Phi) is 3.80. The number of halogens is 1. The van der Waals surface area contributed by atoms with Gasteiger partial charge in [0.25, 0.3) is 0 Å². The first-order valence-electron chi connectivity index (χ1n) is 5.56. The Labute approximate surface area is 118 Å². The van der Waals surface area contributed by atoms with Gasteiger partial charge in [-0.25, -0.2) is 14.8 Å². The molecule has 0 aliphatic heterocycles. The van der Waals surface area contributed by atoms with Gasteiger partial charge >= 0.3 is 5.97 Å². The molecule has 0 spiro atoms. The van der Waals surface area contributed by atoms with Crippen LogP contribution in [0.25, 0.3) is 0 Å². The third-order valence-electron chi connectivity index (χ3n) is 2.58. The second kappa shape index (κ2) is 5.36. The molecule has 0 amide bonds. The third kappa shape index (κ3) is 3.08. The largest absolute Gasteiger partial charge is 0.476 e. The summed E-state index contributed by atoms with van der Waals surface area (Å²) in [7, 11) is 0. The van der Waals surface area contributed by atoms with Gasteiger partial charge < -0.3 is 10.4 Å². The number of aryl methyl sites for hydroxylation is 2. The van der Waals surface area contributed by atoms with Crippen LogP contribution in [0, 0.1) is 13.8 Å². The number of hydrogen-bond donors (Lipinski definition) is 2. The molecule has 0 unspecified atom stereocenters. The van der Waals surface area contributed by atoms with E-state index in [1.165, 1.54) is 12.4 Å². The quantitative estimate of drug-likeness (QED) is 0.907. The first-order valence-corrected chi connectivity index (χ1v) is 6.36. The number of carboxylic acids is 1. The second-order valence-electron chi connectivity index (χ2n) is 4.14. The molecule has 19 heavy (non-hydrogen) atoms. The summed E-state index contributed by atoms with van der Waals surface area (Å²) in [6.45, 7) is 4.00. The molecule has 0 fully saturated rings. The molecule has 2 rings (SSSR count). The molecule has 2 aromatic rings. The second-order valence-corrected chi connectivity index (χ2v) is 4.93.